The minimum Gasteiger partial charge on any atom is -0.376 e. The zero-order valence-electron chi connectivity index (χ0n) is 18.7. The quantitative estimate of drug-likeness (QED) is 0.299. The molecule has 2 aromatic heterocycles. The molecule has 0 unspecified atom stereocenters. The van der Waals surface area contributed by atoms with E-state index in [-0.39, 0.29) is 0 Å². The lowest BCUT2D eigenvalue weighted by Crippen LogP contribution is -2.39. The summed E-state index contributed by atoms with van der Waals surface area (Å²) in [5, 5.41) is 11.2. The largest absolute Gasteiger partial charge is 0.376 e. The van der Waals surface area contributed by atoms with Crippen molar-refractivity contribution >= 4 is 5.96 Å². The lowest BCUT2D eigenvalue weighted by atomic mass is 10.1. The molecular weight excluding hydrogens is 376 g/mol. The van der Waals surface area contributed by atoms with Gasteiger partial charge < -0.3 is 15.4 Å². The number of hydrogen-bond acceptors (Lipinski definition) is 4. The molecule has 3 rings (SSSR count). The van der Waals surface area contributed by atoms with Gasteiger partial charge in [-0.15, -0.1) is 0 Å². The summed E-state index contributed by atoms with van der Waals surface area (Å²) in [5.41, 5.74) is 3.13. The Morgan fingerprint density at radius 2 is 1.97 bits per heavy atom. The van der Waals surface area contributed by atoms with Crippen LogP contribution in [0.4, 0.5) is 0 Å². The van der Waals surface area contributed by atoms with Gasteiger partial charge in [-0.2, -0.15) is 5.10 Å². The highest BCUT2D eigenvalue weighted by Gasteiger charge is 2.12. The average Bonchev–Trinajstić information content (AvgIpc) is 2.93. The summed E-state index contributed by atoms with van der Waals surface area (Å²) in [7, 11) is 0. The Balaban J connectivity index is 1.48. The van der Waals surface area contributed by atoms with Crippen molar-refractivity contribution in [1.29, 1.82) is 0 Å². The van der Waals surface area contributed by atoms with Gasteiger partial charge in [-0.1, -0.05) is 31.7 Å². The first kappa shape index (κ1) is 22.3. The molecule has 0 aliphatic heterocycles. The summed E-state index contributed by atoms with van der Waals surface area (Å²) in [5.74, 6) is 1.64. The number of rotatable bonds is 8. The second-order valence-electron chi connectivity index (χ2n) is 7.97. The Kier molecular flexibility index (Phi) is 8.68. The number of hydrogen-bond donors (Lipinski definition) is 2. The summed E-state index contributed by atoms with van der Waals surface area (Å²) >= 11 is 0. The number of guanidine groups is 1. The maximum Gasteiger partial charge on any atom is 0.191 e. The highest BCUT2D eigenvalue weighted by molar-refractivity contribution is 5.79. The molecular formula is C23H36N6O. The van der Waals surface area contributed by atoms with Gasteiger partial charge >= 0.3 is 0 Å². The fourth-order valence-corrected chi connectivity index (χ4v) is 3.81. The molecule has 2 heterocycles. The Morgan fingerprint density at radius 3 is 2.60 bits per heavy atom. The Hall–Kier alpha value is -2.41. The molecule has 2 N–H and O–H groups in total. The van der Waals surface area contributed by atoms with Crippen molar-refractivity contribution in [3.05, 3.63) is 41.3 Å². The van der Waals surface area contributed by atoms with Crippen LogP contribution < -0.4 is 10.6 Å². The van der Waals surface area contributed by atoms with Crippen LogP contribution in [0.2, 0.25) is 0 Å². The van der Waals surface area contributed by atoms with E-state index in [2.05, 4.69) is 38.7 Å². The zero-order valence-corrected chi connectivity index (χ0v) is 18.7. The fraction of sp³-hybridized carbons (Fsp3) is 0.609. The lowest BCUT2D eigenvalue weighted by molar-refractivity contribution is 0.0468. The topological polar surface area (TPSA) is 76.4 Å². The van der Waals surface area contributed by atoms with Gasteiger partial charge in [0.05, 0.1) is 24.9 Å². The third-order valence-electron chi connectivity index (χ3n) is 5.35. The van der Waals surface area contributed by atoms with Crippen molar-refractivity contribution in [3.63, 3.8) is 0 Å². The first-order valence-corrected chi connectivity index (χ1v) is 11.3. The molecule has 2 aromatic rings. The van der Waals surface area contributed by atoms with E-state index < -0.39 is 0 Å². The van der Waals surface area contributed by atoms with Crippen molar-refractivity contribution in [2.24, 2.45) is 4.99 Å². The van der Waals surface area contributed by atoms with E-state index in [4.69, 9.17) is 4.74 Å². The molecule has 0 amide bonds. The molecule has 7 heteroatoms. The van der Waals surface area contributed by atoms with Gasteiger partial charge in [-0.3, -0.25) is 0 Å². The molecule has 1 fully saturated rings. The van der Waals surface area contributed by atoms with Crippen LogP contribution in [0.5, 0.6) is 0 Å². The number of nitrogens with zero attached hydrogens (tertiary/aromatic N) is 4. The van der Waals surface area contributed by atoms with Crippen molar-refractivity contribution in [2.75, 3.05) is 19.7 Å². The maximum atomic E-state index is 6.06. The third-order valence-corrected chi connectivity index (χ3v) is 5.35. The van der Waals surface area contributed by atoms with E-state index in [1.807, 2.05) is 36.9 Å². The molecule has 7 nitrogen and oxygen atoms in total. The molecule has 0 bridgehead atoms. The second-order valence-corrected chi connectivity index (χ2v) is 7.97. The zero-order chi connectivity index (χ0) is 21.2. The van der Waals surface area contributed by atoms with Gasteiger partial charge in [0, 0.05) is 25.0 Å². The van der Waals surface area contributed by atoms with Crippen LogP contribution in [-0.4, -0.2) is 46.5 Å². The van der Waals surface area contributed by atoms with E-state index in [0.29, 0.717) is 19.3 Å². The standard InChI is InChI=1S/C23H36N6O/c1-4-24-23(25-13-14-30-21-9-7-5-6-8-10-21)27-17-20-11-12-22(26-16-20)29-19(3)15-18(2)28-29/h11-12,15-16,21H,4-10,13-14,17H2,1-3H3,(H2,24,25,27). The van der Waals surface area contributed by atoms with Gasteiger partial charge in [0.15, 0.2) is 11.8 Å². The molecule has 0 radical (unpaired) electrons. The van der Waals surface area contributed by atoms with Crippen LogP contribution in [0.15, 0.2) is 29.4 Å². The summed E-state index contributed by atoms with van der Waals surface area (Å²) in [6.45, 7) is 8.97. The highest BCUT2D eigenvalue weighted by atomic mass is 16.5. The molecule has 0 atom stereocenters. The molecule has 1 aliphatic rings. The SMILES string of the molecule is CCNC(=NCc1ccc(-n2nc(C)cc2C)nc1)NCCOC1CCCCCC1. The van der Waals surface area contributed by atoms with E-state index in [1.165, 1.54) is 38.5 Å². The van der Waals surface area contributed by atoms with Crippen LogP contribution in [0.3, 0.4) is 0 Å². The van der Waals surface area contributed by atoms with Crippen LogP contribution in [0, 0.1) is 13.8 Å². The summed E-state index contributed by atoms with van der Waals surface area (Å²) < 4.78 is 7.92. The van der Waals surface area contributed by atoms with Crippen molar-refractivity contribution in [3.8, 4) is 5.82 Å². The molecule has 1 saturated carbocycles. The second kappa shape index (κ2) is 11.7. The first-order chi connectivity index (χ1) is 14.7. The predicted octanol–water partition coefficient (Wildman–Crippen LogP) is 3.68. The van der Waals surface area contributed by atoms with Gasteiger partial charge in [0.1, 0.15) is 0 Å². The van der Waals surface area contributed by atoms with Crippen LogP contribution in [-0.2, 0) is 11.3 Å². The Bertz CT molecular complexity index is 791. The van der Waals surface area contributed by atoms with Crippen LogP contribution in [0.1, 0.15) is 62.4 Å². The normalized spacial score (nSPS) is 15.8. The Morgan fingerprint density at radius 1 is 1.17 bits per heavy atom. The van der Waals surface area contributed by atoms with Crippen LogP contribution >= 0.6 is 0 Å². The average molecular weight is 413 g/mol. The predicted molar refractivity (Wildman–Crippen MR) is 121 cm³/mol. The molecule has 30 heavy (non-hydrogen) atoms. The fourth-order valence-electron chi connectivity index (χ4n) is 3.81. The maximum absolute atomic E-state index is 6.06. The summed E-state index contributed by atoms with van der Waals surface area (Å²) in [6, 6.07) is 6.10. The van der Waals surface area contributed by atoms with Gasteiger partial charge in [-0.05, 0) is 51.3 Å². The van der Waals surface area contributed by atoms with Crippen molar-refractivity contribution in [2.45, 2.75) is 71.9 Å². The summed E-state index contributed by atoms with van der Waals surface area (Å²) in [4.78, 5) is 9.24. The number of ether oxygens (including phenoxy) is 1. The highest BCUT2D eigenvalue weighted by Crippen LogP contribution is 2.19. The number of nitrogens with one attached hydrogen (secondary N) is 2. The molecule has 164 valence electrons. The first-order valence-electron chi connectivity index (χ1n) is 11.3. The lowest BCUT2D eigenvalue weighted by Gasteiger charge is -2.16. The molecule has 1 aliphatic carbocycles. The Labute approximate surface area is 180 Å². The van der Waals surface area contributed by atoms with Crippen LogP contribution in [0.25, 0.3) is 5.82 Å². The number of aliphatic imine (C=N–C) groups is 1. The van der Waals surface area contributed by atoms with E-state index in [1.54, 1.807) is 0 Å². The molecule has 0 saturated heterocycles. The molecule has 0 spiro atoms. The number of aryl methyl sites for hydroxylation is 2. The minimum atomic E-state index is 0.431. The van der Waals surface area contributed by atoms with E-state index >= 15 is 0 Å². The monoisotopic (exact) mass is 412 g/mol. The number of aromatic nitrogens is 3. The van der Waals surface area contributed by atoms with E-state index in [0.717, 1.165) is 41.8 Å². The van der Waals surface area contributed by atoms with Gasteiger partial charge in [0.2, 0.25) is 0 Å². The van der Waals surface area contributed by atoms with Crippen molar-refractivity contribution in [1.82, 2.24) is 25.4 Å². The van der Waals surface area contributed by atoms with Gasteiger partial charge in [0.25, 0.3) is 0 Å². The summed E-state index contributed by atoms with van der Waals surface area (Å²) in [6.07, 6.45) is 10.0. The van der Waals surface area contributed by atoms with Crippen molar-refractivity contribution < 1.29 is 4.74 Å². The van der Waals surface area contributed by atoms with Gasteiger partial charge in [-0.25, -0.2) is 14.7 Å². The smallest absolute Gasteiger partial charge is 0.191 e. The third kappa shape index (κ3) is 6.83. The molecule has 0 aromatic carbocycles. The minimum absolute atomic E-state index is 0.431. The van der Waals surface area contributed by atoms with E-state index in [9.17, 15) is 0 Å². The number of pyridine rings is 1.